The number of terminal acetylenes is 1. The molecule has 0 amide bonds. The lowest BCUT2D eigenvalue weighted by Crippen LogP contribution is -2.44. The van der Waals surface area contributed by atoms with E-state index in [2.05, 4.69) is 15.9 Å². The fourth-order valence-corrected chi connectivity index (χ4v) is 2.31. The van der Waals surface area contributed by atoms with Crippen molar-refractivity contribution in [3.8, 4) is 12.3 Å². The molecule has 0 aliphatic carbocycles. The summed E-state index contributed by atoms with van der Waals surface area (Å²) < 4.78 is 6.34. The third-order valence-corrected chi connectivity index (χ3v) is 3.60. The molecule has 2 heterocycles. The molecule has 8 nitrogen and oxygen atoms in total. The minimum absolute atomic E-state index is 0.210. The van der Waals surface area contributed by atoms with Gasteiger partial charge in [0.25, 0.3) is 0 Å². The van der Waals surface area contributed by atoms with Crippen molar-refractivity contribution >= 4 is 17.5 Å². The smallest absolute Gasteiger partial charge is 0.354 e. The van der Waals surface area contributed by atoms with E-state index in [1.165, 1.54) is 6.92 Å². The summed E-state index contributed by atoms with van der Waals surface area (Å²) in [6, 6.07) is 0. The van der Waals surface area contributed by atoms with E-state index in [4.69, 9.17) is 28.5 Å². The summed E-state index contributed by atoms with van der Waals surface area (Å²) in [5.41, 5.74) is 4.51. The van der Waals surface area contributed by atoms with Crippen molar-refractivity contribution in [2.45, 2.75) is 36.3 Å². The quantitative estimate of drug-likeness (QED) is 0.447. The van der Waals surface area contributed by atoms with Crippen molar-refractivity contribution in [2.24, 2.45) is 0 Å². The molecule has 1 aliphatic rings. The number of ether oxygens (including phenoxy) is 1. The number of aromatic nitrogens is 3. The highest BCUT2D eigenvalue weighted by atomic mass is 35.5. The Morgan fingerprint density at radius 1 is 1.75 bits per heavy atom. The molecule has 0 aromatic carbocycles. The van der Waals surface area contributed by atoms with E-state index in [0.29, 0.717) is 0 Å². The minimum atomic E-state index is -1.73. The second-order valence-electron chi connectivity index (χ2n) is 4.46. The van der Waals surface area contributed by atoms with Crippen molar-refractivity contribution in [1.29, 1.82) is 0 Å². The average molecular weight is 301 g/mol. The van der Waals surface area contributed by atoms with Gasteiger partial charge in [-0.15, -0.1) is 6.42 Å². The van der Waals surface area contributed by atoms with Gasteiger partial charge >= 0.3 is 5.69 Å². The van der Waals surface area contributed by atoms with Gasteiger partial charge in [-0.1, -0.05) is 17.5 Å². The highest BCUT2D eigenvalue weighted by Gasteiger charge is 2.57. The molecule has 2 rings (SSSR count). The Morgan fingerprint density at radius 3 is 2.90 bits per heavy atom. The molecule has 4 N–H and O–H groups in total. The van der Waals surface area contributed by atoms with Crippen molar-refractivity contribution in [3.63, 3.8) is 0 Å². The number of aliphatic hydroxyl groups excluding tert-OH is 2. The van der Waals surface area contributed by atoms with Gasteiger partial charge in [-0.2, -0.15) is 4.98 Å². The van der Waals surface area contributed by atoms with E-state index >= 15 is 0 Å². The Kier molecular flexibility index (Phi) is 3.71. The van der Waals surface area contributed by atoms with Crippen LogP contribution in [0.25, 0.3) is 0 Å². The maximum Gasteiger partial charge on any atom is 0.354 e. The van der Waals surface area contributed by atoms with Crippen LogP contribution < -0.4 is 11.4 Å². The van der Waals surface area contributed by atoms with Crippen LogP contribution in [0, 0.1) is 12.3 Å². The zero-order valence-electron chi connectivity index (χ0n) is 10.5. The van der Waals surface area contributed by atoms with Gasteiger partial charge < -0.3 is 20.7 Å². The number of rotatable bonds is 2. The van der Waals surface area contributed by atoms with Gasteiger partial charge in [0, 0.05) is 0 Å². The maximum absolute atomic E-state index is 11.8. The minimum Gasteiger partial charge on any atom is -0.391 e. The molecule has 1 aromatic rings. The summed E-state index contributed by atoms with van der Waals surface area (Å²) in [5, 5.41) is 19.7. The Labute approximate surface area is 119 Å². The van der Waals surface area contributed by atoms with Gasteiger partial charge in [0.2, 0.25) is 5.95 Å². The predicted molar refractivity (Wildman–Crippen MR) is 69.7 cm³/mol. The SMILES string of the molecule is C#C[C@@]1(Cl)C(O)[C@@H]([C@H](C)O)O[C@H]1n1cnc(N)nc1=O. The van der Waals surface area contributed by atoms with Gasteiger partial charge in [-0.25, -0.2) is 9.78 Å². The molecule has 0 saturated carbocycles. The van der Waals surface area contributed by atoms with Crippen LogP contribution in [0.15, 0.2) is 11.1 Å². The molecule has 0 radical (unpaired) electrons. The number of anilines is 1. The van der Waals surface area contributed by atoms with Gasteiger partial charge in [-0.05, 0) is 6.92 Å². The molecule has 108 valence electrons. The first-order chi connectivity index (χ1) is 9.31. The second-order valence-corrected chi connectivity index (χ2v) is 5.08. The fraction of sp³-hybridized carbons (Fsp3) is 0.545. The Balaban J connectivity index is 2.50. The number of alkyl halides is 1. The molecule has 5 atom stereocenters. The van der Waals surface area contributed by atoms with Crippen LogP contribution in [0.3, 0.4) is 0 Å². The topological polar surface area (TPSA) is 123 Å². The first-order valence-electron chi connectivity index (χ1n) is 5.70. The standard InChI is InChI=1S/C11H13ClN4O4/c1-3-11(12)7(18)6(5(2)17)20-8(11)16-4-14-9(13)15-10(16)19/h1,4-8,17-18H,2H3,(H2,13,15,19)/t5-,6+,7?,8+,11+/m0/s1. The summed E-state index contributed by atoms with van der Waals surface area (Å²) in [6.45, 7) is 1.41. The number of nitrogens with zero attached hydrogens (tertiary/aromatic N) is 3. The van der Waals surface area contributed by atoms with Crippen LogP contribution in [0.2, 0.25) is 0 Å². The van der Waals surface area contributed by atoms with Crippen LogP contribution in [-0.2, 0) is 4.74 Å². The van der Waals surface area contributed by atoms with E-state index in [1.54, 1.807) is 0 Å². The molecule has 1 unspecified atom stereocenters. The Hall–Kier alpha value is -1.66. The molecule has 0 spiro atoms. The van der Waals surface area contributed by atoms with Crippen molar-refractivity contribution in [3.05, 3.63) is 16.8 Å². The number of aliphatic hydroxyl groups is 2. The molecule has 20 heavy (non-hydrogen) atoms. The lowest BCUT2D eigenvalue weighted by Gasteiger charge is -2.25. The van der Waals surface area contributed by atoms with Crippen LogP contribution in [-0.4, -0.2) is 47.9 Å². The molecule has 0 bridgehead atoms. The van der Waals surface area contributed by atoms with Gasteiger partial charge in [0.05, 0.1) is 6.10 Å². The number of nitrogens with two attached hydrogens (primary N) is 1. The van der Waals surface area contributed by atoms with E-state index in [9.17, 15) is 15.0 Å². The summed E-state index contributed by atoms with van der Waals surface area (Å²) in [7, 11) is 0. The third kappa shape index (κ3) is 2.14. The monoisotopic (exact) mass is 300 g/mol. The van der Waals surface area contributed by atoms with E-state index in [0.717, 1.165) is 10.9 Å². The second kappa shape index (κ2) is 5.03. The van der Waals surface area contributed by atoms with Crippen molar-refractivity contribution in [1.82, 2.24) is 14.5 Å². The number of nitrogen functional groups attached to an aromatic ring is 1. The number of halogens is 1. The Morgan fingerprint density at radius 2 is 2.40 bits per heavy atom. The molecule has 1 aromatic heterocycles. The van der Waals surface area contributed by atoms with Crippen molar-refractivity contribution < 1.29 is 14.9 Å². The molecular formula is C11H13ClN4O4. The maximum atomic E-state index is 11.8. The molecular weight excluding hydrogens is 288 g/mol. The molecule has 1 fully saturated rings. The summed E-state index contributed by atoms with van der Waals surface area (Å²) in [4.78, 5) is 17.2. The third-order valence-electron chi connectivity index (χ3n) is 3.08. The fourth-order valence-electron chi connectivity index (χ4n) is 2.03. The van der Waals surface area contributed by atoms with Gasteiger partial charge in [0.1, 0.15) is 18.5 Å². The van der Waals surface area contributed by atoms with E-state index in [-0.39, 0.29) is 5.95 Å². The van der Waals surface area contributed by atoms with Gasteiger partial charge in [-0.3, -0.25) is 4.57 Å². The molecule has 1 saturated heterocycles. The number of hydrogen-bond acceptors (Lipinski definition) is 7. The van der Waals surface area contributed by atoms with Crippen molar-refractivity contribution in [2.75, 3.05) is 5.73 Å². The zero-order valence-corrected chi connectivity index (χ0v) is 11.2. The van der Waals surface area contributed by atoms with E-state index < -0.39 is 35.1 Å². The highest BCUT2D eigenvalue weighted by Crippen LogP contribution is 2.43. The van der Waals surface area contributed by atoms with Crippen LogP contribution in [0.5, 0.6) is 0 Å². The lowest BCUT2D eigenvalue weighted by atomic mass is 9.97. The van der Waals surface area contributed by atoms with Gasteiger partial charge in [0.15, 0.2) is 11.1 Å². The largest absolute Gasteiger partial charge is 0.391 e. The highest BCUT2D eigenvalue weighted by molar-refractivity contribution is 6.27. The number of hydrogen-bond donors (Lipinski definition) is 3. The molecule has 1 aliphatic heterocycles. The first-order valence-corrected chi connectivity index (χ1v) is 6.08. The normalized spacial score (nSPS) is 34.6. The van der Waals surface area contributed by atoms with Crippen LogP contribution >= 0.6 is 11.6 Å². The Bertz CT molecular complexity index is 613. The summed E-state index contributed by atoms with van der Waals surface area (Å²) >= 11 is 6.19. The molecule has 9 heteroatoms. The lowest BCUT2D eigenvalue weighted by molar-refractivity contribution is -0.0775. The first kappa shape index (κ1) is 14.7. The summed E-state index contributed by atoms with van der Waals surface area (Å²) in [5.74, 6) is 1.99. The van der Waals surface area contributed by atoms with Crippen LogP contribution in [0.1, 0.15) is 13.2 Å². The summed E-state index contributed by atoms with van der Waals surface area (Å²) in [6.07, 6.45) is 1.74. The average Bonchev–Trinajstić information content (AvgIpc) is 2.64. The predicted octanol–water partition coefficient (Wildman–Crippen LogP) is -1.53. The zero-order chi connectivity index (χ0) is 15.1. The van der Waals surface area contributed by atoms with Crippen LogP contribution in [0.4, 0.5) is 5.95 Å². The van der Waals surface area contributed by atoms with E-state index in [1.807, 2.05) is 0 Å².